The fraction of sp³-hybridized carbons (Fsp3) is 0.381. The van der Waals surface area contributed by atoms with Crippen molar-refractivity contribution in [3.63, 3.8) is 0 Å². The van der Waals surface area contributed by atoms with Crippen molar-refractivity contribution in [2.24, 2.45) is 0 Å². The molecule has 1 N–H and O–H groups in total. The number of carbonyl (C=O) groups is 1. The molecule has 0 spiro atoms. The van der Waals surface area contributed by atoms with Gasteiger partial charge in [0.05, 0.1) is 19.4 Å². The monoisotopic (exact) mass is 404 g/mol. The second kappa shape index (κ2) is 9.37. The van der Waals surface area contributed by atoms with Gasteiger partial charge >= 0.3 is 13.8 Å². The van der Waals surface area contributed by atoms with E-state index in [1.165, 1.54) is 0 Å². The Kier molecular flexibility index (Phi) is 6.89. The average molecular weight is 404 g/mol. The van der Waals surface area contributed by atoms with E-state index in [2.05, 4.69) is 0 Å². The highest BCUT2D eigenvalue weighted by atomic mass is 31.2. The normalized spacial score (nSPS) is 16.0. The quantitative estimate of drug-likeness (QED) is 0.431. The van der Waals surface area contributed by atoms with Crippen LogP contribution in [0.25, 0.3) is 0 Å². The molecule has 0 atom stereocenters. The lowest BCUT2D eigenvalue weighted by Gasteiger charge is -2.31. The highest BCUT2D eigenvalue weighted by Gasteiger charge is 2.45. The first-order valence-corrected chi connectivity index (χ1v) is 11.1. The highest BCUT2D eigenvalue weighted by molar-refractivity contribution is 7.53. The highest BCUT2D eigenvalue weighted by Crippen LogP contribution is 2.55. The molecule has 2 aromatic carbocycles. The topological polar surface area (TPSA) is 82.1 Å². The summed E-state index contributed by atoms with van der Waals surface area (Å²) >= 11 is 0. The van der Waals surface area contributed by atoms with Crippen LogP contribution in [0.5, 0.6) is 0 Å². The molecule has 2 aromatic rings. The standard InChI is InChI=1S/C21H25O6P/c22-20(23)27-21(13-7-8-14-21)17-28(24,25-15-18-9-3-1-4-10-18)26-16-19-11-5-2-6-12-19/h1-6,9-12H,7-8,13-17H2,(H,22,23). The van der Waals surface area contributed by atoms with Gasteiger partial charge in [-0.25, -0.2) is 4.79 Å². The molecule has 1 saturated carbocycles. The SMILES string of the molecule is O=C(O)OC1(CP(=O)(OCc2ccccc2)OCc2ccccc2)CCCC1. The first-order valence-electron chi connectivity index (χ1n) is 9.37. The van der Waals surface area contributed by atoms with E-state index in [0.717, 1.165) is 24.0 Å². The smallest absolute Gasteiger partial charge is 0.450 e. The molecule has 1 aliphatic carbocycles. The zero-order valence-corrected chi connectivity index (χ0v) is 16.6. The molecule has 150 valence electrons. The Labute approximate surface area is 165 Å². The van der Waals surface area contributed by atoms with E-state index in [1.54, 1.807) is 0 Å². The minimum Gasteiger partial charge on any atom is -0.450 e. The molecule has 1 fully saturated rings. The molecule has 1 aliphatic rings. The third kappa shape index (κ3) is 5.93. The molecule has 0 bridgehead atoms. The van der Waals surface area contributed by atoms with Crippen molar-refractivity contribution >= 4 is 13.8 Å². The summed E-state index contributed by atoms with van der Waals surface area (Å²) in [5, 5.41) is 9.16. The number of ether oxygens (including phenoxy) is 1. The summed E-state index contributed by atoms with van der Waals surface area (Å²) < 4.78 is 30.3. The molecule has 6 nitrogen and oxygen atoms in total. The maximum Gasteiger partial charge on any atom is 0.506 e. The van der Waals surface area contributed by atoms with Crippen molar-refractivity contribution in [3.05, 3.63) is 71.8 Å². The lowest BCUT2D eigenvalue weighted by molar-refractivity contribution is -0.00515. The third-order valence-electron chi connectivity index (χ3n) is 4.84. The Morgan fingerprint density at radius 2 is 1.36 bits per heavy atom. The molecule has 0 heterocycles. The van der Waals surface area contributed by atoms with Crippen molar-refractivity contribution in [1.82, 2.24) is 0 Å². The van der Waals surface area contributed by atoms with Gasteiger partial charge in [-0.05, 0) is 36.8 Å². The van der Waals surface area contributed by atoms with Crippen LogP contribution in [0.2, 0.25) is 0 Å². The van der Waals surface area contributed by atoms with E-state index >= 15 is 0 Å². The molecular weight excluding hydrogens is 379 g/mol. The van der Waals surface area contributed by atoms with E-state index in [4.69, 9.17) is 18.9 Å². The van der Waals surface area contributed by atoms with Gasteiger partial charge in [-0.3, -0.25) is 4.57 Å². The largest absolute Gasteiger partial charge is 0.506 e. The summed E-state index contributed by atoms with van der Waals surface area (Å²) in [5.41, 5.74) is 0.714. The first-order chi connectivity index (χ1) is 13.5. The Balaban J connectivity index is 1.76. The zero-order valence-electron chi connectivity index (χ0n) is 15.7. The second-order valence-corrected chi connectivity index (χ2v) is 9.10. The van der Waals surface area contributed by atoms with Crippen LogP contribution in [0.4, 0.5) is 4.79 Å². The van der Waals surface area contributed by atoms with Crippen LogP contribution in [0.1, 0.15) is 36.8 Å². The summed E-state index contributed by atoms with van der Waals surface area (Å²) in [4.78, 5) is 11.2. The molecule has 0 saturated heterocycles. The third-order valence-corrected chi connectivity index (χ3v) is 6.85. The fourth-order valence-corrected chi connectivity index (χ4v) is 5.51. The van der Waals surface area contributed by atoms with Gasteiger partial charge in [-0.2, -0.15) is 0 Å². The second-order valence-electron chi connectivity index (χ2n) is 7.05. The van der Waals surface area contributed by atoms with Crippen LogP contribution < -0.4 is 0 Å². The van der Waals surface area contributed by atoms with Gasteiger partial charge in [-0.1, -0.05) is 60.7 Å². The Hall–Kier alpha value is -2.14. The number of rotatable bonds is 9. The Morgan fingerprint density at radius 1 is 0.893 bits per heavy atom. The molecule has 0 unspecified atom stereocenters. The lowest BCUT2D eigenvalue weighted by atomic mass is 10.1. The van der Waals surface area contributed by atoms with Crippen molar-refractivity contribution in [3.8, 4) is 0 Å². The summed E-state index contributed by atoms with van der Waals surface area (Å²) in [7, 11) is -3.61. The van der Waals surface area contributed by atoms with Crippen LogP contribution in [0.15, 0.2) is 60.7 Å². The van der Waals surface area contributed by atoms with E-state index in [9.17, 15) is 9.36 Å². The van der Waals surface area contributed by atoms with Gasteiger partial charge in [0.1, 0.15) is 5.60 Å². The molecule has 3 rings (SSSR count). The van der Waals surface area contributed by atoms with E-state index < -0.39 is 19.4 Å². The average Bonchev–Trinajstić information content (AvgIpc) is 3.13. The number of carboxylic acid groups (broad SMARTS) is 1. The van der Waals surface area contributed by atoms with E-state index in [-0.39, 0.29) is 19.4 Å². The molecule has 7 heteroatoms. The summed E-state index contributed by atoms with van der Waals surface area (Å²) in [6.07, 6.45) is 1.25. The lowest BCUT2D eigenvalue weighted by Crippen LogP contribution is -2.36. The number of hydrogen-bond donors (Lipinski definition) is 1. The molecule has 0 aromatic heterocycles. The van der Waals surface area contributed by atoms with Crippen molar-refractivity contribution in [2.75, 3.05) is 6.16 Å². The number of hydrogen-bond acceptors (Lipinski definition) is 5. The van der Waals surface area contributed by atoms with Gasteiger partial charge in [0.15, 0.2) is 0 Å². The zero-order chi connectivity index (χ0) is 19.9. The van der Waals surface area contributed by atoms with Gasteiger partial charge < -0.3 is 18.9 Å². The predicted molar refractivity (Wildman–Crippen MR) is 105 cm³/mol. The van der Waals surface area contributed by atoms with E-state index in [1.807, 2.05) is 60.7 Å². The number of benzene rings is 2. The summed E-state index contributed by atoms with van der Waals surface area (Å²) in [5.74, 6) is 0. The molecule has 0 aliphatic heterocycles. The van der Waals surface area contributed by atoms with Gasteiger partial charge in [0, 0.05) is 0 Å². The minimum atomic E-state index is -3.61. The minimum absolute atomic E-state index is 0.0774. The Bertz CT molecular complexity index is 755. The summed E-state index contributed by atoms with van der Waals surface area (Å²) in [6, 6.07) is 18.8. The maximum absolute atomic E-state index is 13.6. The van der Waals surface area contributed by atoms with Crippen molar-refractivity contribution in [2.45, 2.75) is 44.5 Å². The maximum atomic E-state index is 13.6. The van der Waals surface area contributed by atoms with Gasteiger partial charge in [-0.15, -0.1) is 0 Å². The first kappa shape index (κ1) is 20.6. The van der Waals surface area contributed by atoms with Crippen LogP contribution in [-0.4, -0.2) is 23.0 Å². The van der Waals surface area contributed by atoms with E-state index in [0.29, 0.717) is 12.8 Å². The van der Waals surface area contributed by atoms with Crippen LogP contribution >= 0.6 is 7.60 Å². The van der Waals surface area contributed by atoms with Crippen molar-refractivity contribution < 1.29 is 28.3 Å². The predicted octanol–water partition coefficient (Wildman–Crippen LogP) is 5.62. The molecule has 0 amide bonds. The Morgan fingerprint density at radius 3 is 1.79 bits per heavy atom. The van der Waals surface area contributed by atoms with Crippen LogP contribution in [-0.2, 0) is 31.6 Å². The fourth-order valence-electron chi connectivity index (χ4n) is 3.47. The summed E-state index contributed by atoms with van der Waals surface area (Å²) in [6.45, 7) is 0.242. The van der Waals surface area contributed by atoms with Crippen molar-refractivity contribution in [1.29, 1.82) is 0 Å². The molecular formula is C21H25O6P. The van der Waals surface area contributed by atoms with Crippen LogP contribution in [0, 0.1) is 0 Å². The molecule has 28 heavy (non-hydrogen) atoms. The van der Waals surface area contributed by atoms with Gasteiger partial charge in [0.2, 0.25) is 0 Å². The van der Waals surface area contributed by atoms with Crippen LogP contribution in [0.3, 0.4) is 0 Å². The molecule has 0 radical (unpaired) electrons. The van der Waals surface area contributed by atoms with Gasteiger partial charge in [0.25, 0.3) is 0 Å².